The fourth-order valence-electron chi connectivity index (χ4n) is 1.52. The first-order valence-electron chi connectivity index (χ1n) is 5.42. The third-order valence-corrected chi connectivity index (χ3v) is 3.95. The van der Waals surface area contributed by atoms with E-state index < -0.39 is 15.8 Å². The normalized spacial score (nSPS) is 11.4. The Morgan fingerprint density at radius 2 is 1.89 bits per heavy atom. The van der Waals surface area contributed by atoms with Gasteiger partial charge in [-0.3, -0.25) is 4.98 Å². The molecule has 5 nitrogen and oxygen atoms in total. The van der Waals surface area contributed by atoms with Crippen LogP contribution in [0.2, 0.25) is 0 Å². The van der Waals surface area contributed by atoms with E-state index in [1.54, 1.807) is 24.5 Å². The van der Waals surface area contributed by atoms with Gasteiger partial charge >= 0.3 is 0 Å². The van der Waals surface area contributed by atoms with Crippen LogP contribution in [0.3, 0.4) is 0 Å². The Morgan fingerprint density at radius 1 is 1.21 bits per heavy atom. The van der Waals surface area contributed by atoms with Crippen molar-refractivity contribution in [3.8, 4) is 0 Å². The Kier molecular flexibility index (Phi) is 3.77. The van der Waals surface area contributed by atoms with Crippen molar-refractivity contribution >= 4 is 15.7 Å². The molecule has 0 aliphatic rings. The lowest BCUT2D eigenvalue weighted by molar-refractivity contribution is 0.581. The number of pyridine rings is 1. The van der Waals surface area contributed by atoms with E-state index in [0.717, 1.165) is 23.8 Å². The first kappa shape index (κ1) is 13.4. The zero-order chi connectivity index (χ0) is 13.9. The minimum atomic E-state index is -3.77. The predicted molar refractivity (Wildman–Crippen MR) is 69.1 cm³/mol. The van der Waals surface area contributed by atoms with E-state index in [-0.39, 0.29) is 17.1 Å². The lowest BCUT2D eigenvalue weighted by Gasteiger charge is -2.09. The molecule has 0 aliphatic heterocycles. The summed E-state index contributed by atoms with van der Waals surface area (Å²) in [7, 11) is -3.77. The number of nitrogens with one attached hydrogen (secondary N) is 1. The monoisotopic (exact) mass is 281 g/mol. The van der Waals surface area contributed by atoms with Gasteiger partial charge in [0.05, 0.1) is 5.69 Å². The molecule has 2 aromatic rings. The lowest BCUT2D eigenvalue weighted by Crippen LogP contribution is -2.24. The molecule has 0 fully saturated rings. The highest BCUT2D eigenvalue weighted by atomic mass is 32.2. The quantitative estimate of drug-likeness (QED) is 0.827. The number of nitrogens with zero attached hydrogens (tertiary/aromatic N) is 1. The van der Waals surface area contributed by atoms with Gasteiger partial charge in [0.2, 0.25) is 10.0 Å². The Bertz CT molecular complexity index is 675. The maximum absolute atomic E-state index is 12.9. The largest absolute Gasteiger partial charge is 0.398 e. The molecule has 0 aliphatic carbocycles. The van der Waals surface area contributed by atoms with E-state index >= 15 is 0 Å². The summed E-state index contributed by atoms with van der Waals surface area (Å²) in [6.45, 7) is 0.113. The highest BCUT2D eigenvalue weighted by molar-refractivity contribution is 7.89. The van der Waals surface area contributed by atoms with E-state index in [1.165, 1.54) is 0 Å². The Hall–Kier alpha value is -1.99. The van der Waals surface area contributed by atoms with E-state index in [0.29, 0.717) is 0 Å². The third-order valence-electron chi connectivity index (χ3n) is 2.48. The van der Waals surface area contributed by atoms with Crippen LogP contribution in [0.15, 0.2) is 47.6 Å². The van der Waals surface area contributed by atoms with Crippen molar-refractivity contribution in [1.29, 1.82) is 0 Å². The molecule has 0 saturated carbocycles. The number of rotatable bonds is 4. The summed E-state index contributed by atoms with van der Waals surface area (Å²) in [6.07, 6.45) is 3.13. The molecule has 0 bridgehead atoms. The molecule has 100 valence electrons. The third kappa shape index (κ3) is 3.27. The standard InChI is InChI=1S/C12H12FN3O2S/c13-10-1-2-12(11(14)7-10)19(17,18)16-8-9-3-5-15-6-4-9/h1-7,16H,8,14H2. The lowest BCUT2D eigenvalue weighted by atomic mass is 10.3. The van der Waals surface area contributed by atoms with E-state index in [2.05, 4.69) is 9.71 Å². The summed E-state index contributed by atoms with van der Waals surface area (Å²) >= 11 is 0. The molecular formula is C12H12FN3O2S. The van der Waals surface area contributed by atoms with Crippen molar-refractivity contribution in [2.24, 2.45) is 0 Å². The van der Waals surface area contributed by atoms with Gasteiger partial charge in [0.1, 0.15) is 10.7 Å². The van der Waals surface area contributed by atoms with Gasteiger partial charge in [-0.05, 0) is 35.9 Å². The fraction of sp³-hybridized carbons (Fsp3) is 0.0833. The molecule has 0 saturated heterocycles. The van der Waals surface area contributed by atoms with Crippen LogP contribution in [0, 0.1) is 5.82 Å². The number of sulfonamides is 1. The molecule has 0 amide bonds. The highest BCUT2D eigenvalue weighted by Gasteiger charge is 2.17. The van der Waals surface area contributed by atoms with Gasteiger partial charge in [0, 0.05) is 18.9 Å². The smallest absolute Gasteiger partial charge is 0.242 e. The van der Waals surface area contributed by atoms with E-state index in [4.69, 9.17) is 5.73 Å². The second kappa shape index (κ2) is 5.33. The zero-order valence-corrected chi connectivity index (χ0v) is 10.7. The molecule has 0 spiro atoms. The Morgan fingerprint density at radius 3 is 2.53 bits per heavy atom. The minimum Gasteiger partial charge on any atom is -0.398 e. The van der Waals surface area contributed by atoms with Crippen molar-refractivity contribution in [2.75, 3.05) is 5.73 Å². The average molecular weight is 281 g/mol. The zero-order valence-electron chi connectivity index (χ0n) is 9.88. The number of aromatic nitrogens is 1. The average Bonchev–Trinajstić information content (AvgIpc) is 2.37. The van der Waals surface area contributed by atoms with Crippen LogP contribution >= 0.6 is 0 Å². The van der Waals surface area contributed by atoms with Gasteiger partial charge in [0.25, 0.3) is 0 Å². The van der Waals surface area contributed by atoms with Crippen molar-refractivity contribution in [2.45, 2.75) is 11.4 Å². The SMILES string of the molecule is Nc1cc(F)ccc1S(=O)(=O)NCc1ccncc1. The number of halogens is 1. The molecule has 1 aromatic carbocycles. The van der Waals surface area contributed by atoms with Gasteiger partial charge in [-0.2, -0.15) is 0 Å². The molecular weight excluding hydrogens is 269 g/mol. The van der Waals surface area contributed by atoms with Crippen molar-refractivity contribution in [3.05, 3.63) is 54.1 Å². The van der Waals surface area contributed by atoms with Crippen molar-refractivity contribution < 1.29 is 12.8 Å². The van der Waals surface area contributed by atoms with Gasteiger partial charge in [-0.25, -0.2) is 17.5 Å². The Balaban J connectivity index is 2.19. The number of benzene rings is 1. The summed E-state index contributed by atoms with van der Waals surface area (Å²) < 4.78 is 39.3. The Labute approximate surface area is 110 Å². The molecule has 0 radical (unpaired) electrons. The molecule has 1 aromatic heterocycles. The van der Waals surface area contributed by atoms with E-state index in [9.17, 15) is 12.8 Å². The van der Waals surface area contributed by atoms with Crippen LogP contribution in [0.25, 0.3) is 0 Å². The first-order valence-corrected chi connectivity index (χ1v) is 6.91. The topological polar surface area (TPSA) is 85.1 Å². The first-order chi connectivity index (χ1) is 8.99. The summed E-state index contributed by atoms with van der Waals surface area (Å²) in [5.41, 5.74) is 6.15. The molecule has 1 heterocycles. The van der Waals surface area contributed by atoms with Crippen LogP contribution in [0.4, 0.5) is 10.1 Å². The van der Waals surface area contributed by atoms with Crippen LogP contribution < -0.4 is 10.5 Å². The van der Waals surface area contributed by atoms with Crippen molar-refractivity contribution in [3.63, 3.8) is 0 Å². The van der Waals surface area contributed by atoms with Crippen LogP contribution in [0.1, 0.15) is 5.56 Å². The number of hydrogen-bond acceptors (Lipinski definition) is 4. The highest BCUT2D eigenvalue weighted by Crippen LogP contribution is 2.19. The molecule has 0 atom stereocenters. The van der Waals surface area contributed by atoms with Gasteiger partial charge in [0.15, 0.2) is 0 Å². The number of anilines is 1. The number of nitrogens with two attached hydrogens (primary N) is 1. The summed E-state index contributed by atoms with van der Waals surface area (Å²) in [6, 6.07) is 6.55. The molecule has 3 N–H and O–H groups in total. The van der Waals surface area contributed by atoms with E-state index in [1.807, 2.05) is 0 Å². The summed E-state index contributed by atoms with van der Waals surface area (Å²) in [4.78, 5) is 3.70. The second-order valence-electron chi connectivity index (χ2n) is 3.86. The molecule has 0 unspecified atom stereocenters. The fourth-order valence-corrected chi connectivity index (χ4v) is 2.65. The molecule has 2 rings (SSSR count). The predicted octanol–water partition coefficient (Wildman–Crippen LogP) is 1.28. The minimum absolute atomic E-state index is 0.113. The summed E-state index contributed by atoms with van der Waals surface area (Å²) in [5, 5.41) is 0. The van der Waals surface area contributed by atoms with Crippen LogP contribution in [-0.4, -0.2) is 13.4 Å². The maximum Gasteiger partial charge on any atom is 0.242 e. The number of nitrogen functional groups attached to an aromatic ring is 1. The van der Waals surface area contributed by atoms with Crippen molar-refractivity contribution in [1.82, 2.24) is 9.71 Å². The number of hydrogen-bond donors (Lipinski definition) is 2. The van der Waals surface area contributed by atoms with Crippen LogP contribution in [0.5, 0.6) is 0 Å². The summed E-state index contributed by atoms with van der Waals surface area (Å²) in [5.74, 6) is -0.578. The molecule has 19 heavy (non-hydrogen) atoms. The van der Waals surface area contributed by atoms with Gasteiger partial charge < -0.3 is 5.73 Å². The second-order valence-corrected chi connectivity index (χ2v) is 5.60. The van der Waals surface area contributed by atoms with Crippen LogP contribution in [-0.2, 0) is 16.6 Å². The molecule has 7 heteroatoms. The van der Waals surface area contributed by atoms with Gasteiger partial charge in [-0.15, -0.1) is 0 Å². The maximum atomic E-state index is 12.9. The van der Waals surface area contributed by atoms with Gasteiger partial charge in [-0.1, -0.05) is 0 Å².